The summed E-state index contributed by atoms with van der Waals surface area (Å²) in [5, 5.41) is 6.33. The molecule has 0 saturated carbocycles. The molecule has 0 atom stereocenters. The largest absolute Gasteiger partial charge is 0.363 e. The first-order valence-corrected chi connectivity index (χ1v) is 7.79. The van der Waals surface area contributed by atoms with Gasteiger partial charge in [-0.3, -0.25) is 4.79 Å². The van der Waals surface area contributed by atoms with E-state index < -0.39 is 0 Å². The lowest BCUT2D eigenvalue weighted by atomic mass is 10.2. The predicted molar refractivity (Wildman–Crippen MR) is 89.6 cm³/mol. The molecule has 1 aromatic rings. The molecule has 4 heteroatoms. The van der Waals surface area contributed by atoms with Crippen molar-refractivity contribution in [1.82, 2.24) is 10.6 Å². The van der Waals surface area contributed by atoms with E-state index in [-0.39, 0.29) is 11.9 Å². The lowest BCUT2D eigenvalue weighted by Crippen LogP contribution is -2.40. The summed E-state index contributed by atoms with van der Waals surface area (Å²) < 4.78 is 0. The minimum atomic E-state index is 0.0670. The van der Waals surface area contributed by atoms with Crippen LogP contribution in [0.15, 0.2) is 24.3 Å². The molecule has 0 fully saturated rings. The molecule has 0 aromatic heterocycles. The molecule has 1 amide bonds. The Balaban J connectivity index is 2.62. The number of hydrogen-bond donors (Lipinski definition) is 2. The van der Waals surface area contributed by atoms with Crippen LogP contribution in [0.2, 0.25) is 0 Å². The fraction of sp³-hybridized carbons (Fsp3) is 0.588. The summed E-state index contributed by atoms with van der Waals surface area (Å²) in [7, 11) is 0. The van der Waals surface area contributed by atoms with Crippen LogP contribution in [-0.4, -0.2) is 31.1 Å². The van der Waals surface area contributed by atoms with Gasteiger partial charge in [0.2, 0.25) is 5.91 Å². The molecule has 0 aliphatic rings. The van der Waals surface area contributed by atoms with Gasteiger partial charge in [-0.15, -0.1) is 0 Å². The van der Waals surface area contributed by atoms with Crippen molar-refractivity contribution >= 4 is 11.6 Å². The Kier molecular flexibility index (Phi) is 7.23. The van der Waals surface area contributed by atoms with Crippen molar-refractivity contribution in [3.05, 3.63) is 29.8 Å². The van der Waals surface area contributed by atoms with Crippen molar-refractivity contribution in [2.75, 3.05) is 18.0 Å². The molecule has 0 unspecified atom stereocenters. The van der Waals surface area contributed by atoms with Crippen molar-refractivity contribution in [2.45, 2.75) is 53.2 Å². The molecule has 0 aliphatic heterocycles. The summed E-state index contributed by atoms with van der Waals surface area (Å²) in [6, 6.07) is 9.08. The third-order valence-electron chi connectivity index (χ3n) is 3.18. The zero-order chi connectivity index (χ0) is 15.8. The highest BCUT2D eigenvalue weighted by Gasteiger charge is 2.10. The van der Waals surface area contributed by atoms with Gasteiger partial charge in [-0.1, -0.05) is 26.0 Å². The maximum atomic E-state index is 11.9. The number of nitrogens with zero attached hydrogens (tertiary/aromatic N) is 1. The Morgan fingerprint density at radius 2 is 1.71 bits per heavy atom. The maximum absolute atomic E-state index is 11.9. The Morgan fingerprint density at radius 1 is 1.10 bits per heavy atom. The molecular formula is C17H29N3O. The van der Waals surface area contributed by atoms with E-state index in [1.54, 1.807) is 0 Å². The van der Waals surface area contributed by atoms with Crippen LogP contribution in [-0.2, 0) is 11.3 Å². The smallest absolute Gasteiger partial charge is 0.239 e. The molecule has 0 spiro atoms. The summed E-state index contributed by atoms with van der Waals surface area (Å²) in [4.78, 5) is 14.0. The fourth-order valence-corrected chi connectivity index (χ4v) is 2.07. The van der Waals surface area contributed by atoms with Gasteiger partial charge in [0.15, 0.2) is 0 Å². The van der Waals surface area contributed by atoms with Crippen molar-refractivity contribution in [3.8, 4) is 0 Å². The number of nitrogens with one attached hydrogen (secondary N) is 2. The minimum Gasteiger partial charge on any atom is -0.363 e. The molecule has 1 aromatic carbocycles. The van der Waals surface area contributed by atoms with Crippen molar-refractivity contribution in [3.63, 3.8) is 0 Å². The van der Waals surface area contributed by atoms with Crippen LogP contribution in [0.4, 0.5) is 5.69 Å². The fourth-order valence-electron chi connectivity index (χ4n) is 2.07. The number of carbonyl (C=O) groups is 1. The molecule has 21 heavy (non-hydrogen) atoms. The second-order valence-corrected chi connectivity index (χ2v) is 5.94. The molecule has 0 heterocycles. The Hall–Kier alpha value is -1.55. The first-order valence-electron chi connectivity index (χ1n) is 7.79. The molecule has 118 valence electrons. The van der Waals surface area contributed by atoms with Crippen LogP contribution in [0, 0.1) is 0 Å². The molecule has 1 rings (SSSR count). The second kappa shape index (κ2) is 8.67. The molecule has 4 nitrogen and oxygen atoms in total. The first-order chi connectivity index (χ1) is 9.92. The quantitative estimate of drug-likeness (QED) is 0.773. The molecule has 0 bridgehead atoms. The highest BCUT2D eigenvalue weighted by atomic mass is 16.2. The Morgan fingerprint density at radius 3 is 2.19 bits per heavy atom. The van der Waals surface area contributed by atoms with Crippen molar-refractivity contribution < 1.29 is 4.79 Å². The van der Waals surface area contributed by atoms with Gasteiger partial charge in [-0.2, -0.15) is 0 Å². The van der Waals surface area contributed by atoms with Crippen LogP contribution in [0.3, 0.4) is 0 Å². The third-order valence-corrected chi connectivity index (χ3v) is 3.18. The average molecular weight is 291 g/mol. The lowest BCUT2D eigenvalue weighted by Gasteiger charge is -2.23. The summed E-state index contributed by atoms with van der Waals surface area (Å²) >= 11 is 0. The van der Waals surface area contributed by atoms with Crippen LogP contribution < -0.4 is 15.5 Å². The zero-order valence-corrected chi connectivity index (χ0v) is 13.9. The van der Waals surface area contributed by atoms with Crippen molar-refractivity contribution in [2.24, 2.45) is 0 Å². The van der Waals surface area contributed by atoms with E-state index in [1.165, 1.54) is 5.56 Å². The van der Waals surface area contributed by atoms with E-state index in [9.17, 15) is 4.79 Å². The van der Waals surface area contributed by atoms with E-state index in [0.29, 0.717) is 12.6 Å². The average Bonchev–Trinajstić information content (AvgIpc) is 2.42. The highest BCUT2D eigenvalue weighted by Crippen LogP contribution is 2.15. The highest BCUT2D eigenvalue weighted by molar-refractivity contribution is 5.81. The summed E-state index contributed by atoms with van der Waals surface area (Å²) in [5.74, 6) is 0.0670. The number of hydrogen-bond acceptors (Lipinski definition) is 3. The normalized spacial score (nSPS) is 11.0. The molecule has 0 saturated heterocycles. The van der Waals surface area contributed by atoms with Crippen molar-refractivity contribution in [1.29, 1.82) is 0 Å². The first kappa shape index (κ1) is 17.5. The summed E-state index contributed by atoms with van der Waals surface area (Å²) in [6.07, 6.45) is 0. The second-order valence-electron chi connectivity index (χ2n) is 5.94. The molecule has 0 radical (unpaired) electrons. The van der Waals surface area contributed by atoms with E-state index in [1.807, 2.05) is 13.8 Å². The van der Waals surface area contributed by atoms with Crippen LogP contribution in [0.5, 0.6) is 0 Å². The van der Waals surface area contributed by atoms with Crippen LogP contribution >= 0.6 is 0 Å². The standard InChI is InChI=1S/C17H29N3O/c1-6-20(12-17(21)19-14(4)5)16-9-7-15(8-10-16)11-18-13(2)3/h7-10,13-14,18H,6,11-12H2,1-5H3,(H,19,21). The molecule has 0 aliphatic carbocycles. The third kappa shape index (κ3) is 6.63. The number of likely N-dealkylation sites (N-methyl/N-ethyl adjacent to an activating group) is 1. The van der Waals surface area contributed by atoms with E-state index in [0.717, 1.165) is 18.8 Å². The maximum Gasteiger partial charge on any atom is 0.239 e. The minimum absolute atomic E-state index is 0.0670. The Labute approximate surface area is 128 Å². The monoisotopic (exact) mass is 291 g/mol. The van der Waals surface area contributed by atoms with E-state index in [2.05, 4.69) is 60.6 Å². The topological polar surface area (TPSA) is 44.4 Å². The van der Waals surface area contributed by atoms with Gasteiger partial charge >= 0.3 is 0 Å². The van der Waals surface area contributed by atoms with Gasteiger partial charge in [0, 0.05) is 30.9 Å². The Bertz CT molecular complexity index is 426. The van der Waals surface area contributed by atoms with Gasteiger partial charge in [0.25, 0.3) is 0 Å². The zero-order valence-electron chi connectivity index (χ0n) is 13.9. The van der Waals surface area contributed by atoms with Gasteiger partial charge in [-0.05, 0) is 38.5 Å². The van der Waals surface area contributed by atoms with E-state index >= 15 is 0 Å². The van der Waals surface area contributed by atoms with Crippen LogP contribution in [0.25, 0.3) is 0 Å². The number of amides is 1. The van der Waals surface area contributed by atoms with E-state index in [4.69, 9.17) is 0 Å². The van der Waals surface area contributed by atoms with Gasteiger partial charge in [-0.25, -0.2) is 0 Å². The van der Waals surface area contributed by atoms with Gasteiger partial charge in [0.05, 0.1) is 6.54 Å². The number of rotatable bonds is 8. The van der Waals surface area contributed by atoms with Gasteiger partial charge in [0.1, 0.15) is 0 Å². The molecular weight excluding hydrogens is 262 g/mol. The van der Waals surface area contributed by atoms with Crippen LogP contribution in [0.1, 0.15) is 40.2 Å². The predicted octanol–water partition coefficient (Wildman–Crippen LogP) is 2.54. The summed E-state index contributed by atoms with van der Waals surface area (Å²) in [5.41, 5.74) is 2.35. The number of benzene rings is 1. The molecule has 2 N–H and O–H groups in total. The van der Waals surface area contributed by atoms with Gasteiger partial charge < -0.3 is 15.5 Å². The lowest BCUT2D eigenvalue weighted by molar-refractivity contribution is -0.120. The number of carbonyl (C=O) groups excluding carboxylic acids is 1. The SMILES string of the molecule is CCN(CC(=O)NC(C)C)c1ccc(CNC(C)C)cc1. The number of anilines is 1. The summed E-state index contributed by atoms with van der Waals surface area (Å²) in [6.45, 7) is 12.4.